The van der Waals surface area contributed by atoms with Crippen LogP contribution in [0, 0.1) is 12.8 Å². The standard InChI is InChI=1S/C15H16N6O.C8H10N2/c1-3-20-14(7-13(18-20)11-6-10(11)8-22)12-4-5-15-17-16-9(2)21(15)19-12;1-10-5-7-2-3-9-4-8(7)6-10/h4-5,7-8,10-11H,3,6H2,1-2H3;2-4H,5-6H2,1H3. The third kappa shape index (κ3) is 3.80. The number of nitrogens with zero attached hydrogens (tertiary/aromatic N) is 8. The van der Waals surface area contributed by atoms with Gasteiger partial charge in [0.2, 0.25) is 0 Å². The zero-order valence-electron chi connectivity index (χ0n) is 18.5. The Kier molecular flexibility index (Phi) is 5.26. The first kappa shape index (κ1) is 20.4. The molecule has 2 aliphatic rings. The van der Waals surface area contributed by atoms with E-state index in [1.54, 1.807) is 4.52 Å². The number of fused-ring (bicyclic) bond motifs is 2. The van der Waals surface area contributed by atoms with Crippen LogP contribution in [-0.4, -0.2) is 52.8 Å². The predicted molar refractivity (Wildman–Crippen MR) is 119 cm³/mol. The Balaban J connectivity index is 0.000000180. The lowest BCUT2D eigenvalue weighted by atomic mass is 10.2. The van der Waals surface area contributed by atoms with Gasteiger partial charge in [0.15, 0.2) is 11.5 Å². The quantitative estimate of drug-likeness (QED) is 0.459. The van der Waals surface area contributed by atoms with Crippen molar-refractivity contribution in [2.45, 2.75) is 45.8 Å². The molecule has 4 aromatic heterocycles. The van der Waals surface area contributed by atoms with Gasteiger partial charge in [-0.1, -0.05) is 0 Å². The molecule has 6 rings (SSSR count). The van der Waals surface area contributed by atoms with Gasteiger partial charge in [-0.25, -0.2) is 0 Å². The predicted octanol–water partition coefficient (Wildman–Crippen LogP) is 2.65. The third-order valence-corrected chi connectivity index (χ3v) is 6.06. The summed E-state index contributed by atoms with van der Waals surface area (Å²) in [5.41, 5.74) is 6.31. The third-order valence-electron chi connectivity index (χ3n) is 6.06. The topological polar surface area (TPSA) is 94.1 Å². The van der Waals surface area contributed by atoms with E-state index in [1.807, 2.05) is 49.1 Å². The van der Waals surface area contributed by atoms with Gasteiger partial charge in [0.25, 0.3) is 0 Å². The Labute approximate surface area is 186 Å². The number of carbonyl (C=O) groups is 1. The lowest BCUT2D eigenvalue weighted by molar-refractivity contribution is -0.108. The smallest absolute Gasteiger partial charge is 0.177 e. The van der Waals surface area contributed by atoms with Gasteiger partial charge in [-0.2, -0.15) is 14.7 Å². The minimum absolute atomic E-state index is 0.128. The van der Waals surface area contributed by atoms with E-state index in [0.29, 0.717) is 0 Å². The van der Waals surface area contributed by atoms with Crippen molar-refractivity contribution in [2.75, 3.05) is 7.05 Å². The van der Waals surface area contributed by atoms with Gasteiger partial charge in [-0.05, 0) is 62.7 Å². The maximum Gasteiger partial charge on any atom is 0.177 e. The van der Waals surface area contributed by atoms with Crippen LogP contribution in [0.2, 0.25) is 0 Å². The molecule has 0 spiro atoms. The van der Waals surface area contributed by atoms with Crippen LogP contribution in [0.25, 0.3) is 17.0 Å². The van der Waals surface area contributed by atoms with Gasteiger partial charge in [-0.15, -0.1) is 10.2 Å². The number of aldehydes is 1. The number of aromatic nitrogens is 7. The van der Waals surface area contributed by atoms with Crippen LogP contribution < -0.4 is 0 Å². The van der Waals surface area contributed by atoms with Crippen molar-refractivity contribution in [2.24, 2.45) is 5.92 Å². The fourth-order valence-electron chi connectivity index (χ4n) is 4.19. The summed E-state index contributed by atoms with van der Waals surface area (Å²) >= 11 is 0. The van der Waals surface area contributed by atoms with Crippen molar-refractivity contribution in [1.29, 1.82) is 0 Å². The van der Waals surface area contributed by atoms with Crippen LogP contribution in [0.15, 0.2) is 36.7 Å². The summed E-state index contributed by atoms with van der Waals surface area (Å²) in [4.78, 5) is 17.2. The van der Waals surface area contributed by atoms with E-state index in [9.17, 15) is 4.79 Å². The molecular formula is C23H26N8O. The Morgan fingerprint density at radius 2 is 1.97 bits per heavy atom. The average molecular weight is 431 g/mol. The maximum absolute atomic E-state index is 10.9. The fourth-order valence-corrected chi connectivity index (χ4v) is 4.19. The van der Waals surface area contributed by atoms with Crippen molar-refractivity contribution in [3.8, 4) is 11.4 Å². The summed E-state index contributed by atoms with van der Waals surface area (Å²) in [5.74, 6) is 1.15. The number of hydrogen-bond donors (Lipinski definition) is 0. The second kappa shape index (κ2) is 8.23. The summed E-state index contributed by atoms with van der Waals surface area (Å²) in [5, 5.41) is 17.3. The number of hydrogen-bond acceptors (Lipinski definition) is 7. The minimum Gasteiger partial charge on any atom is -0.303 e. The van der Waals surface area contributed by atoms with E-state index in [2.05, 4.69) is 43.4 Å². The van der Waals surface area contributed by atoms with Crippen LogP contribution in [-0.2, 0) is 24.4 Å². The average Bonchev–Trinajstić information content (AvgIpc) is 3.12. The summed E-state index contributed by atoms with van der Waals surface area (Å²) in [6, 6.07) is 7.98. The number of pyridine rings is 1. The van der Waals surface area contributed by atoms with E-state index in [4.69, 9.17) is 0 Å². The highest BCUT2D eigenvalue weighted by molar-refractivity contribution is 5.63. The lowest BCUT2D eigenvalue weighted by Gasteiger charge is -2.04. The molecule has 0 N–H and O–H groups in total. The molecule has 4 aromatic rings. The molecular weight excluding hydrogens is 404 g/mol. The summed E-state index contributed by atoms with van der Waals surface area (Å²) in [6.45, 7) is 6.82. The van der Waals surface area contributed by atoms with Crippen LogP contribution in [0.4, 0.5) is 0 Å². The van der Waals surface area contributed by atoms with Gasteiger partial charge in [-0.3, -0.25) is 14.6 Å². The van der Waals surface area contributed by atoms with Crippen molar-refractivity contribution in [3.63, 3.8) is 0 Å². The minimum atomic E-state index is 0.128. The zero-order valence-corrected chi connectivity index (χ0v) is 18.5. The first-order valence-corrected chi connectivity index (χ1v) is 10.9. The van der Waals surface area contributed by atoms with Crippen molar-refractivity contribution in [3.05, 3.63) is 59.3 Å². The maximum atomic E-state index is 10.9. The van der Waals surface area contributed by atoms with Crippen molar-refractivity contribution in [1.82, 2.24) is 39.5 Å². The summed E-state index contributed by atoms with van der Waals surface area (Å²) in [6.07, 6.45) is 5.75. The van der Waals surface area contributed by atoms with Gasteiger partial charge in [0, 0.05) is 43.9 Å². The highest BCUT2D eigenvalue weighted by Gasteiger charge is 2.40. The second-order valence-electron chi connectivity index (χ2n) is 8.46. The first-order valence-electron chi connectivity index (χ1n) is 10.9. The van der Waals surface area contributed by atoms with E-state index < -0.39 is 0 Å². The summed E-state index contributed by atoms with van der Waals surface area (Å²) in [7, 11) is 2.12. The summed E-state index contributed by atoms with van der Waals surface area (Å²) < 4.78 is 3.66. The van der Waals surface area contributed by atoms with Crippen molar-refractivity contribution >= 4 is 11.9 Å². The van der Waals surface area contributed by atoms with Gasteiger partial charge in [0.1, 0.15) is 12.0 Å². The number of rotatable bonds is 4. The van der Waals surface area contributed by atoms with E-state index in [0.717, 1.165) is 60.9 Å². The molecule has 2 unspecified atom stereocenters. The Morgan fingerprint density at radius 3 is 2.72 bits per heavy atom. The molecule has 1 aliphatic heterocycles. The largest absolute Gasteiger partial charge is 0.303 e. The molecule has 5 heterocycles. The van der Waals surface area contributed by atoms with Crippen LogP contribution in [0.3, 0.4) is 0 Å². The molecule has 164 valence electrons. The fraction of sp³-hybridized carbons (Fsp3) is 0.391. The Morgan fingerprint density at radius 1 is 1.12 bits per heavy atom. The molecule has 2 atom stereocenters. The number of aryl methyl sites for hydroxylation is 2. The first-order chi connectivity index (χ1) is 15.6. The molecule has 1 saturated carbocycles. The van der Waals surface area contributed by atoms with E-state index in [-0.39, 0.29) is 11.8 Å². The zero-order chi connectivity index (χ0) is 22.2. The van der Waals surface area contributed by atoms with Crippen molar-refractivity contribution < 1.29 is 4.79 Å². The molecule has 0 amide bonds. The SMILES string of the molecule is CCn1nc(C2CC2C=O)cc1-c1ccc2nnc(C)n2n1.CN1Cc2ccncc2C1. The highest BCUT2D eigenvalue weighted by atomic mass is 16.1. The van der Waals surface area contributed by atoms with Crippen LogP contribution in [0.5, 0.6) is 0 Å². The molecule has 0 radical (unpaired) electrons. The van der Waals surface area contributed by atoms with Gasteiger partial charge >= 0.3 is 0 Å². The van der Waals surface area contributed by atoms with Gasteiger partial charge in [0.05, 0.1) is 11.4 Å². The molecule has 9 nitrogen and oxygen atoms in total. The second-order valence-corrected chi connectivity index (χ2v) is 8.46. The molecule has 0 aromatic carbocycles. The van der Waals surface area contributed by atoms with E-state index in [1.165, 1.54) is 11.1 Å². The molecule has 9 heteroatoms. The number of carbonyl (C=O) groups excluding carboxylic acids is 1. The Hall–Kier alpha value is -3.46. The highest BCUT2D eigenvalue weighted by Crippen LogP contribution is 2.46. The van der Waals surface area contributed by atoms with Crippen LogP contribution in [0.1, 0.15) is 41.9 Å². The Bertz CT molecular complexity index is 1250. The lowest BCUT2D eigenvalue weighted by Crippen LogP contribution is -2.07. The molecule has 0 saturated heterocycles. The monoisotopic (exact) mass is 430 g/mol. The van der Waals surface area contributed by atoms with Crippen LogP contribution >= 0.6 is 0 Å². The molecule has 1 aliphatic carbocycles. The molecule has 32 heavy (non-hydrogen) atoms. The van der Waals surface area contributed by atoms with Gasteiger partial charge < -0.3 is 4.79 Å². The van der Waals surface area contributed by atoms with E-state index >= 15 is 0 Å². The molecule has 0 bridgehead atoms. The normalized spacial score (nSPS) is 19.5. The molecule has 1 fully saturated rings.